The third-order valence-corrected chi connectivity index (χ3v) is 5.79. The Morgan fingerprint density at radius 1 is 1.03 bits per heavy atom. The van der Waals surface area contributed by atoms with Gasteiger partial charge in [0.1, 0.15) is 19.0 Å². The normalized spacial score (nSPS) is 13.5. The molecule has 1 unspecified atom stereocenters. The van der Waals surface area contributed by atoms with Crippen LogP contribution in [0.2, 0.25) is 0 Å². The van der Waals surface area contributed by atoms with Gasteiger partial charge in [-0.3, -0.25) is 4.79 Å². The van der Waals surface area contributed by atoms with Gasteiger partial charge < -0.3 is 24.5 Å². The number of fused-ring (bicyclic) bond motifs is 2. The summed E-state index contributed by atoms with van der Waals surface area (Å²) >= 11 is 0. The number of amides is 1. The maximum Gasteiger partial charge on any atom is 0.255 e. The Morgan fingerprint density at radius 2 is 1.84 bits per heavy atom. The maximum atomic E-state index is 13.1. The first-order chi connectivity index (χ1) is 15.7. The number of carbonyl (C=O) groups is 1. The van der Waals surface area contributed by atoms with Gasteiger partial charge in [-0.2, -0.15) is 0 Å². The molecular formula is C26H24N2O4. The zero-order chi connectivity index (χ0) is 21.9. The molecule has 5 rings (SSSR count). The minimum atomic E-state index is -0.189. The van der Waals surface area contributed by atoms with Crippen LogP contribution in [0.4, 0.5) is 0 Å². The molecule has 1 atom stereocenters. The lowest BCUT2D eigenvalue weighted by Crippen LogP contribution is -2.30. The van der Waals surface area contributed by atoms with Crippen LogP contribution >= 0.6 is 0 Å². The number of benzene rings is 3. The highest BCUT2D eigenvalue weighted by atomic mass is 16.6. The molecular weight excluding hydrogens is 404 g/mol. The molecule has 0 fully saturated rings. The summed E-state index contributed by atoms with van der Waals surface area (Å²) in [6, 6.07) is 21.5. The predicted molar refractivity (Wildman–Crippen MR) is 123 cm³/mol. The summed E-state index contributed by atoms with van der Waals surface area (Å²) in [5, 5.41) is 4.25. The molecule has 0 aliphatic carbocycles. The zero-order valence-corrected chi connectivity index (χ0v) is 17.8. The number of methoxy groups -OCH3 is 1. The van der Waals surface area contributed by atoms with Crippen molar-refractivity contribution in [2.75, 3.05) is 26.9 Å². The fourth-order valence-corrected chi connectivity index (χ4v) is 4.17. The largest absolute Gasteiger partial charge is 0.497 e. The Labute approximate surface area is 186 Å². The number of H-pyrrole nitrogens is 1. The number of ether oxygens (including phenoxy) is 3. The molecule has 1 aliphatic rings. The van der Waals surface area contributed by atoms with E-state index in [1.165, 1.54) is 0 Å². The van der Waals surface area contributed by atoms with Crippen LogP contribution in [0.25, 0.3) is 10.9 Å². The molecule has 32 heavy (non-hydrogen) atoms. The van der Waals surface area contributed by atoms with Crippen molar-refractivity contribution in [2.45, 2.75) is 5.92 Å². The van der Waals surface area contributed by atoms with Crippen LogP contribution < -0.4 is 19.5 Å². The van der Waals surface area contributed by atoms with Gasteiger partial charge in [0.2, 0.25) is 0 Å². The van der Waals surface area contributed by atoms with Gasteiger partial charge in [0.05, 0.1) is 12.7 Å². The minimum absolute atomic E-state index is 0.0438. The van der Waals surface area contributed by atoms with Gasteiger partial charge in [-0.15, -0.1) is 0 Å². The van der Waals surface area contributed by atoms with E-state index in [0.717, 1.165) is 27.8 Å². The first-order valence-electron chi connectivity index (χ1n) is 10.6. The molecule has 1 aliphatic heterocycles. The number of rotatable bonds is 6. The SMILES string of the molecule is COc1ccc(C(CNC(=O)c2cccc3c2OCCO3)c2c[nH]c3ccccc23)cc1. The second-order valence-corrected chi connectivity index (χ2v) is 7.66. The van der Waals surface area contributed by atoms with Crippen molar-refractivity contribution in [3.8, 4) is 17.2 Å². The molecule has 0 radical (unpaired) electrons. The van der Waals surface area contributed by atoms with Gasteiger partial charge >= 0.3 is 0 Å². The fraction of sp³-hybridized carbons (Fsp3) is 0.192. The van der Waals surface area contributed by atoms with Crippen LogP contribution in [-0.2, 0) is 0 Å². The van der Waals surface area contributed by atoms with Crippen molar-refractivity contribution in [3.63, 3.8) is 0 Å². The molecule has 2 heterocycles. The van der Waals surface area contributed by atoms with E-state index in [0.29, 0.717) is 36.8 Å². The van der Waals surface area contributed by atoms with Gasteiger partial charge in [0, 0.05) is 29.6 Å². The first kappa shape index (κ1) is 20.0. The molecule has 0 bridgehead atoms. The lowest BCUT2D eigenvalue weighted by molar-refractivity contribution is 0.0941. The predicted octanol–water partition coefficient (Wildman–Crippen LogP) is 4.51. The molecule has 0 spiro atoms. The third-order valence-electron chi connectivity index (χ3n) is 5.79. The van der Waals surface area contributed by atoms with E-state index < -0.39 is 0 Å². The van der Waals surface area contributed by atoms with Crippen LogP contribution in [-0.4, -0.2) is 37.8 Å². The maximum absolute atomic E-state index is 13.1. The number of aromatic nitrogens is 1. The molecule has 6 nitrogen and oxygen atoms in total. The summed E-state index contributed by atoms with van der Waals surface area (Å²) < 4.78 is 16.7. The van der Waals surface area contributed by atoms with Crippen LogP contribution in [0.5, 0.6) is 17.2 Å². The van der Waals surface area contributed by atoms with Crippen molar-refractivity contribution in [1.29, 1.82) is 0 Å². The second-order valence-electron chi connectivity index (χ2n) is 7.66. The van der Waals surface area contributed by atoms with E-state index in [9.17, 15) is 4.79 Å². The Kier molecular flexibility index (Phi) is 5.42. The van der Waals surface area contributed by atoms with Crippen molar-refractivity contribution < 1.29 is 19.0 Å². The standard InChI is InChI=1S/C26H24N2O4/c1-30-18-11-9-17(10-12-18)21(22-16-27-23-7-3-2-5-19(22)23)15-28-26(29)20-6-4-8-24-25(20)32-14-13-31-24/h2-12,16,21,27H,13-15H2,1H3,(H,28,29). The molecule has 3 aromatic carbocycles. The van der Waals surface area contributed by atoms with Gasteiger partial charge in [-0.05, 0) is 41.5 Å². The van der Waals surface area contributed by atoms with Gasteiger partial charge in [-0.25, -0.2) is 0 Å². The van der Waals surface area contributed by atoms with Crippen molar-refractivity contribution in [1.82, 2.24) is 10.3 Å². The first-order valence-corrected chi connectivity index (χ1v) is 10.6. The molecule has 6 heteroatoms. The molecule has 162 valence electrons. The second kappa shape index (κ2) is 8.67. The molecule has 1 amide bonds. The minimum Gasteiger partial charge on any atom is -0.497 e. The van der Waals surface area contributed by atoms with E-state index in [1.54, 1.807) is 13.2 Å². The topological polar surface area (TPSA) is 72.6 Å². The zero-order valence-electron chi connectivity index (χ0n) is 17.8. The summed E-state index contributed by atoms with van der Waals surface area (Å²) in [6.07, 6.45) is 2.02. The van der Waals surface area contributed by atoms with E-state index in [1.807, 2.05) is 54.7 Å². The number of hydrogen-bond donors (Lipinski definition) is 2. The number of hydrogen-bond acceptors (Lipinski definition) is 4. The fourth-order valence-electron chi connectivity index (χ4n) is 4.17. The Hall–Kier alpha value is -3.93. The number of aromatic amines is 1. The smallest absolute Gasteiger partial charge is 0.255 e. The number of nitrogens with one attached hydrogen (secondary N) is 2. The number of carbonyl (C=O) groups excluding carboxylic acids is 1. The molecule has 4 aromatic rings. The average Bonchev–Trinajstić information content (AvgIpc) is 3.28. The summed E-state index contributed by atoms with van der Waals surface area (Å²) in [6.45, 7) is 1.34. The summed E-state index contributed by atoms with van der Waals surface area (Å²) in [4.78, 5) is 16.5. The Morgan fingerprint density at radius 3 is 2.69 bits per heavy atom. The monoisotopic (exact) mass is 428 g/mol. The highest BCUT2D eigenvalue weighted by molar-refractivity contribution is 5.98. The van der Waals surface area contributed by atoms with Crippen LogP contribution in [0.1, 0.15) is 27.4 Å². The Bertz CT molecular complexity index is 1250. The summed E-state index contributed by atoms with van der Waals surface area (Å²) in [7, 11) is 1.65. The lowest BCUT2D eigenvalue weighted by atomic mass is 9.90. The molecule has 0 saturated carbocycles. The molecule has 2 N–H and O–H groups in total. The van der Waals surface area contributed by atoms with Crippen molar-refractivity contribution >= 4 is 16.8 Å². The molecule has 0 saturated heterocycles. The van der Waals surface area contributed by atoms with E-state index in [4.69, 9.17) is 14.2 Å². The van der Waals surface area contributed by atoms with E-state index in [2.05, 4.69) is 22.4 Å². The Balaban J connectivity index is 1.45. The van der Waals surface area contributed by atoms with Crippen molar-refractivity contribution in [3.05, 3.63) is 89.6 Å². The van der Waals surface area contributed by atoms with E-state index >= 15 is 0 Å². The lowest BCUT2D eigenvalue weighted by Gasteiger charge is -2.22. The average molecular weight is 428 g/mol. The highest BCUT2D eigenvalue weighted by Gasteiger charge is 2.23. The number of para-hydroxylation sites is 2. The van der Waals surface area contributed by atoms with Crippen molar-refractivity contribution in [2.24, 2.45) is 0 Å². The molecule has 1 aromatic heterocycles. The van der Waals surface area contributed by atoms with Crippen LogP contribution in [0, 0.1) is 0 Å². The van der Waals surface area contributed by atoms with Gasteiger partial charge in [0.25, 0.3) is 5.91 Å². The summed E-state index contributed by atoms with van der Waals surface area (Å²) in [5.74, 6) is 1.67. The van der Waals surface area contributed by atoms with Crippen LogP contribution in [0.3, 0.4) is 0 Å². The third kappa shape index (κ3) is 3.75. The quantitative estimate of drug-likeness (QED) is 0.474. The van der Waals surface area contributed by atoms with Gasteiger partial charge in [0.15, 0.2) is 11.5 Å². The van der Waals surface area contributed by atoms with E-state index in [-0.39, 0.29) is 11.8 Å². The van der Waals surface area contributed by atoms with Crippen LogP contribution in [0.15, 0.2) is 72.9 Å². The summed E-state index contributed by atoms with van der Waals surface area (Å²) in [5.41, 5.74) is 3.76. The highest BCUT2D eigenvalue weighted by Crippen LogP contribution is 2.34. The van der Waals surface area contributed by atoms with Gasteiger partial charge in [-0.1, -0.05) is 36.4 Å².